The van der Waals surface area contributed by atoms with Crippen LogP contribution in [0.3, 0.4) is 0 Å². The van der Waals surface area contributed by atoms with Crippen LogP contribution < -0.4 is 5.73 Å². The number of thiophene rings is 1. The largest absolute Gasteiger partial charge is 0.330 e. The minimum absolute atomic E-state index is 0.264. The van der Waals surface area contributed by atoms with Crippen LogP contribution in [0.5, 0.6) is 0 Å². The van der Waals surface area contributed by atoms with Gasteiger partial charge in [0.1, 0.15) is 0 Å². The molecule has 1 aromatic heterocycles. The number of piperidine rings is 1. The molecule has 3 rings (SSSR count). The van der Waals surface area contributed by atoms with E-state index in [2.05, 4.69) is 37.8 Å². The van der Waals surface area contributed by atoms with Gasteiger partial charge in [-0.1, -0.05) is 20.8 Å². The zero-order chi connectivity index (χ0) is 14.3. The van der Waals surface area contributed by atoms with E-state index in [1.54, 1.807) is 4.88 Å². The predicted molar refractivity (Wildman–Crippen MR) is 87.3 cm³/mol. The van der Waals surface area contributed by atoms with Crippen molar-refractivity contribution in [1.82, 2.24) is 4.90 Å². The summed E-state index contributed by atoms with van der Waals surface area (Å²) in [6.07, 6.45) is 5.41. The zero-order valence-electron chi connectivity index (χ0n) is 13.1. The molecule has 2 N–H and O–H groups in total. The van der Waals surface area contributed by atoms with E-state index in [9.17, 15) is 0 Å². The minimum Gasteiger partial charge on any atom is -0.330 e. The molecule has 0 aromatic carbocycles. The van der Waals surface area contributed by atoms with Crippen molar-refractivity contribution in [2.75, 3.05) is 13.1 Å². The lowest BCUT2D eigenvalue weighted by Gasteiger charge is -2.41. The Labute approximate surface area is 127 Å². The minimum atomic E-state index is 0.264. The molecule has 20 heavy (non-hydrogen) atoms. The molecular weight excluding hydrogens is 264 g/mol. The number of likely N-dealkylation sites (tertiary alicyclic amines) is 1. The Morgan fingerprint density at radius 3 is 2.55 bits per heavy atom. The maximum Gasteiger partial charge on any atom is 0.0484 e. The first-order chi connectivity index (χ1) is 9.50. The van der Waals surface area contributed by atoms with Crippen LogP contribution in [0.4, 0.5) is 0 Å². The average molecular weight is 292 g/mol. The summed E-state index contributed by atoms with van der Waals surface area (Å²) in [6.45, 7) is 9.03. The van der Waals surface area contributed by atoms with Crippen LogP contribution in [0.25, 0.3) is 0 Å². The molecule has 0 amide bonds. The summed E-state index contributed by atoms with van der Waals surface area (Å²) < 4.78 is 0. The van der Waals surface area contributed by atoms with Crippen molar-refractivity contribution >= 4 is 11.3 Å². The molecule has 2 heterocycles. The van der Waals surface area contributed by atoms with Crippen LogP contribution in [0.1, 0.15) is 62.3 Å². The first kappa shape index (κ1) is 14.6. The van der Waals surface area contributed by atoms with E-state index in [1.165, 1.54) is 37.1 Å². The molecule has 0 spiro atoms. The van der Waals surface area contributed by atoms with E-state index in [-0.39, 0.29) is 5.41 Å². The number of nitrogens with two attached hydrogens (primary N) is 1. The molecule has 0 bridgehead atoms. The smallest absolute Gasteiger partial charge is 0.0484 e. The van der Waals surface area contributed by atoms with Crippen LogP contribution in [0, 0.1) is 5.92 Å². The fraction of sp³-hybridized carbons (Fsp3) is 0.765. The van der Waals surface area contributed by atoms with Crippen molar-refractivity contribution in [3.63, 3.8) is 0 Å². The van der Waals surface area contributed by atoms with Crippen molar-refractivity contribution in [3.05, 3.63) is 21.9 Å². The van der Waals surface area contributed by atoms with E-state index in [0.717, 1.165) is 12.6 Å². The highest BCUT2D eigenvalue weighted by molar-refractivity contribution is 7.12. The number of hydrogen-bond acceptors (Lipinski definition) is 3. The molecule has 1 saturated heterocycles. The molecule has 2 unspecified atom stereocenters. The second-order valence-corrected chi connectivity index (χ2v) is 8.62. The highest BCUT2D eigenvalue weighted by atomic mass is 32.1. The SMILES string of the molecule is CC(C)(C)c1ccc(C2C(CN)CCCN2C2CC2)s1. The van der Waals surface area contributed by atoms with Crippen molar-refractivity contribution in [1.29, 1.82) is 0 Å². The third-order valence-electron chi connectivity index (χ3n) is 4.77. The summed E-state index contributed by atoms with van der Waals surface area (Å²) in [5.74, 6) is 0.649. The van der Waals surface area contributed by atoms with Crippen LogP contribution in [0.2, 0.25) is 0 Å². The third-order valence-corrected chi connectivity index (χ3v) is 6.35. The fourth-order valence-corrected chi connectivity index (χ4v) is 4.76. The van der Waals surface area contributed by atoms with Gasteiger partial charge in [0.05, 0.1) is 0 Å². The van der Waals surface area contributed by atoms with E-state index in [1.807, 2.05) is 11.3 Å². The Kier molecular flexibility index (Phi) is 3.95. The van der Waals surface area contributed by atoms with Gasteiger partial charge in [0.25, 0.3) is 0 Å². The predicted octanol–water partition coefficient (Wildman–Crippen LogP) is 3.92. The number of nitrogens with zero attached hydrogens (tertiary/aromatic N) is 1. The molecule has 112 valence electrons. The highest BCUT2D eigenvalue weighted by Gasteiger charge is 2.40. The Hall–Kier alpha value is -0.380. The van der Waals surface area contributed by atoms with Gasteiger partial charge in [-0.3, -0.25) is 4.90 Å². The van der Waals surface area contributed by atoms with Gasteiger partial charge in [-0.05, 0) is 62.2 Å². The second kappa shape index (κ2) is 5.43. The summed E-state index contributed by atoms with van der Waals surface area (Å²) in [4.78, 5) is 5.82. The fourth-order valence-electron chi connectivity index (χ4n) is 3.48. The molecule has 2 atom stereocenters. The molecule has 2 nitrogen and oxygen atoms in total. The molecule has 1 aliphatic carbocycles. The summed E-state index contributed by atoms with van der Waals surface area (Å²) in [7, 11) is 0. The van der Waals surface area contributed by atoms with Gasteiger partial charge < -0.3 is 5.73 Å². The van der Waals surface area contributed by atoms with Gasteiger partial charge in [0.2, 0.25) is 0 Å². The normalized spacial score (nSPS) is 28.8. The summed E-state index contributed by atoms with van der Waals surface area (Å²) in [5.41, 5.74) is 6.35. The van der Waals surface area contributed by atoms with E-state index in [0.29, 0.717) is 12.0 Å². The van der Waals surface area contributed by atoms with Crippen LogP contribution >= 0.6 is 11.3 Å². The van der Waals surface area contributed by atoms with Gasteiger partial charge in [-0.15, -0.1) is 11.3 Å². The molecule has 1 aromatic rings. The Morgan fingerprint density at radius 1 is 1.25 bits per heavy atom. The van der Waals surface area contributed by atoms with Crippen molar-refractivity contribution < 1.29 is 0 Å². The van der Waals surface area contributed by atoms with Crippen molar-refractivity contribution in [2.24, 2.45) is 11.7 Å². The second-order valence-electron chi connectivity index (χ2n) is 7.50. The Balaban J connectivity index is 1.88. The summed E-state index contributed by atoms with van der Waals surface area (Å²) in [6, 6.07) is 6.14. The van der Waals surface area contributed by atoms with Gasteiger partial charge in [0.15, 0.2) is 0 Å². The topological polar surface area (TPSA) is 29.3 Å². The quantitative estimate of drug-likeness (QED) is 0.915. The first-order valence-electron chi connectivity index (χ1n) is 8.06. The molecule has 1 aliphatic heterocycles. The Morgan fingerprint density at radius 2 is 2.00 bits per heavy atom. The number of rotatable bonds is 3. The lowest BCUT2D eigenvalue weighted by atomic mass is 9.88. The zero-order valence-corrected chi connectivity index (χ0v) is 13.9. The molecule has 2 aliphatic rings. The third kappa shape index (κ3) is 2.81. The number of hydrogen-bond donors (Lipinski definition) is 1. The van der Waals surface area contributed by atoms with E-state index < -0.39 is 0 Å². The van der Waals surface area contributed by atoms with Crippen LogP contribution in [-0.4, -0.2) is 24.0 Å². The Bertz CT molecular complexity index is 456. The monoisotopic (exact) mass is 292 g/mol. The lowest BCUT2D eigenvalue weighted by Crippen LogP contribution is -2.42. The maximum atomic E-state index is 6.08. The van der Waals surface area contributed by atoms with E-state index >= 15 is 0 Å². The van der Waals surface area contributed by atoms with Gasteiger partial charge in [-0.25, -0.2) is 0 Å². The van der Waals surface area contributed by atoms with Gasteiger partial charge in [-0.2, -0.15) is 0 Å². The van der Waals surface area contributed by atoms with Crippen molar-refractivity contribution in [2.45, 2.75) is 64.0 Å². The van der Waals surface area contributed by atoms with E-state index in [4.69, 9.17) is 5.73 Å². The molecule has 0 radical (unpaired) electrons. The molecule has 1 saturated carbocycles. The molecule has 2 fully saturated rings. The summed E-state index contributed by atoms with van der Waals surface area (Å²) >= 11 is 2.02. The maximum absolute atomic E-state index is 6.08. The van der Waals surface area contributed by atoms with Crippen molar-refractivity contribution in [3.8, 4) is 0 Å². The van der Waals surface area contributed by atoms with Crippen LogP contribution in [-0.2, 0) is 5.41 Å². The highest BCUT2D eigenvalue weighted by Crippen LogP contribution is 2.45. The van der Waals surface area contributed by atoms with Crippen LogP contribution in [0.15, 0.2) is 12.1 Å². The van der Waals surface area contributed by atoms with Gasteiger partial charge >= 0.3 is 0 Å². The standard InChI is InChI=1S/C17H28N2S/c1-17(2,3)15-9-8-14(20-15)16-12(11-18)5-4-10-19(16)13-6-7-13/h8-9,12-13,16H,4-7,10-11,18H2,1-3H3. The molecule has 3 heteroatoms. The summed E-state index contributed by atoms with van der Waals surface area (Å²) in [5, 5.41) is 0. The molecular formula is C17H28N2S. The average Bonchev–Trinajstić information content (AvgIpc) is 3.13. The first-order valence-corrected chi connectivity index (χ1v) is 8.88. The lowest BCUT2D eigenvalue weighted by molar-refractivity contribution is 0.0904. The van der Waals surface area contributed by atoms with Gasteiger partial charge in [0, 0.05) is 21.8 Å².